The minimum absolute atomic E-state index is 0.170. The summed E-state index contributed by atoms with van der Waals surface area (Å²) in [5, 5.41) is 3.21. The molecule has 4 heterocycles. The molecule has 0 spiro atoms. The lowest BCUT2D eigenvalue weighted by Gasteiger charge is -2.24. The fourth-order valence-corrected chi connectivity index (χ4v) is 4.17. The van der Waals surface area contributed by atoms with Crippen LogP contribution in [0.4, 0.5) is 5.69 Å². The zero-order valence-electron chi connectivity index (χ0n) is 12.3. The molecule has 2 aliphatic heterocycles. The second-order valence-electron chi connectivity index (χ2n) is 5.82. The maximum Gasteiger partial charge on any atom is 0.229 e. The first-order valence-corrected chi connectivity index (χ1v) is 8.32. The third-order valence-corrected chi connectivity index (χ3v) is 5.29. The molecular formula is C15H17N5OS. The highest BCUT2D eigenvalue weighted by molar-refractivity contribution is 7.09. The Morgan fingerprint density at radius 2 is 2.14 bits per heavy atom. The standard InChI is InChI=1S/C15H17N5OS/c1-10-18-11(8-22-10)7-19-3-2-13-14(19)4-15(21)20(13)12-5-16-9-17-6-12/h5-6,8-9,13-14H,2-4,7H2,1H3. The van der Waals surface area contributed by atoms with Gasteiger partial charge in [-0.2, -0.15) is 0 Å². The van der Waals surface area contributed by atoms with Crippen LogP contribution in [-0.2, 0) is 11.3 Å². The number of hydrogen-bond donors (Lipinski definition) is 0. The minimum atomic E-state index is 0.170. The number of thiazole rings is 1. The van der Waals surface area contributed by atoms with Gasteiger partial charge < -0.3 is 4.90 Å². The van der Waals surface area contributed by atoms with E-state index in [1.807, 2.05) is 11.8 Å². The molecule has 0 aromatic carbocycles. The van der Waals surface area contributed by atoms with Crippen LogP contribution in [-0.4, -0.2) is 44.4 Å². The summed E-state index contributed by atoms with van der Waals surface area (Å²) in [5.41, 5.74) is 1.92. The van der Waals surface area contributed by atoms with Gasteiger partial charge in [0.25, 0.3) is 0 Å². The summed E-state index contributed by atoms with van der Waals surface area (Å²) in [6.45, 7) is 3.86. The van der Waals surface area contributed by atoms with Crippen molar-refractivity contribution in [2.45, 2.75) is 38.4 Å². The Hall–Kier alpha value is -1.86. The van der Waals surface area contributed by atoms with Gasteiger partial charge in [-0.25, -0.2) is 15.0 Å². The Bertz CT molecular complexity index is 688. The number of likely N-dealkylation sites (tertiary alicyclic amines) is 1. The Morgan fingerprint density at radius 3 is 2.86 bits per heavy atom. The van der Waals surface area contributed by atoms with Gasteiger partial charge in [-0.3, -0.25) is 9.69 Å². The monoisotopic (exact) mass is 315 g/mol. The second-order valence-corrected chi connectivity index (χ2v) is 6.88. The molecule has 114 valence electrons. The van der Waals surface area contributed by atoms with E-state index in [4.69, 9.17) is 0 Å². The maximum absolute atomic E-state index is 12.4. The SMILES string of the molecule is Cc1nc(CN2CCC3C2CC(=O)N3c2cncnc2)cs1. The number of aromatic nitrogens is 3. The first-order chi connectivity index (χ1) is 10.7. The molecule has 2 fully saturated rings. The number of amides is 1. The van der Waals surface area contributed by atoms with Gasteiger partial charge in [0.2, 0.25) is 5.91 Å². The van der Waals surface area contributed by atoms with E-state index in [1.165, 1.54) is 6.33 Å². The second kappa shape index (κ2) is 5.40. The van der Waals surface area contributed by atoms with Crippen LogP contribution >= 0.6 is 11.3 Å². The van der Waals surface area contributed by atoms with Crippen molar-refractivity contribution < 1.29 is 4.79 Å². The topological polar surface area (TPSA) is 62.2 Å². The molecule has 2 aliphatic rings. The first-order valence-electron chi connectivity index (χ1n) is 7.44. The van der Waals surface area contributed by atoms with Gasteiger partial charge in [0, 0.05) is 30.9 Å². The molecular weight excluding hydrogens is 298 g/mol. The van der Waals surface area contributed by atoms with E-state index in [0.29, 0.717) is 6.42 Å². The lowest BCUT2D eigenvalue weighted by atomic mass is 10.1. The molecule has 0 bridgehead atoms. The van der Waals surface area contributed by atoms with E-state index in [9.17, 15) is 4.79 Å². The van der Waals surface area contributed by atoms with Crippen LogP contribution in [0.2, 0.25) is 0 Å². The van der Waals surface area contributed by atoms with E-state index >= 15 is 0 Å². The lowest BCUT2D eigenvalue weighted by molar-refractivity contribution is -0.117. The van der Waals surface area contributed by atoms with Crippen LogP contribution in [0.3, 0.4) is 0 Å². The van der Waals surface area contributed by atoms with Crippen molar-refractivity contribution in [2.24, 2.45) is 0 Å². The van der Waals surface area contributed by atoms with Crippen molar-refractivity contribution in [1.82, 2.24) is 19.9 Å². The number of anilines is 1. The van der Waals surface area contributed by atoms with Crippen molar-refractivity contribution in [3.05, 3.63) is 34.8 Å². The van der Waals surface area contributed by atoms with Gasteiger partial charge in [0.15, 0.2) is 0 Å². The number of carbonyl (C=O) groups is 1. The summed E-state index contributed by atoms with van der Waals surface area (Å²) >= 11 is 1.68. The van der Waals surface area contributed by atoms with E-state index in [2.05, 4.69) is 25.2 Å². The third kappa shape index (κ3) is 2.30. The summed E-state index contributed by atoms with van der Waals surface area (Å²) in [6.07, 6.45) is 6.50. The molecule has 22 heavy (non-hydrogen) atoms. The Morgan fingerprint density at radius 1 is 1.32 bits per heavy atom. The van der Waals surface area contributed by atoms with Crippen LogP contribution in [0.5, 0.6) is 0 Å². The quantitative estimate of drug-likeness (QED) is 0.861. The smallest absolute Gasteiger partial charge is 0.229 e. The van der Waals surface area contributed by atoms with Crippen LogP contribution in [0, 0.1) is 6.92 Å². The summed E-state index contributed by atoms with van der Waals surface area (Å²) in [4.78, 5) is 29.3. The molecule has 7 heteroatoms. The maximum atomic E-state index is 12.4. The van der Waals surface area contributed by atoms with E-state index in [1.54, 1.807) is 23.7 Å². The summed E-state index contributed by atoms with van der Waals surface area (Å²) < 4.78 is 0. The predicted octanol–water partition coefficient (Wildman–Crippen LogP) is 1.62. The zero-order chi connectivity index (χ0) is 15.1. The van der Waals surface area contributed by atoms with Gasteiger partial charge >= 0.3 is 0 Å². The normalized spacial score (nSPS) is 25.0. The van der Waals surface area contributed by atoms with Crippen molar-refractivity contribution >= 4 is 22.9 Å². The molecule has 2 unspecified atom stereocenters. The molecule has 0 radical (unpaired) electrons. The molecule has 6 nitrogen and oxygen atoms in total. The van der Waals surface area contributed by atoms with Crippen molar-refractivity contribution in [2.75, 3.05) is 11.4 Å². The highest BCUT2D eigenvalue weighted by Gasteiger charge is 2.47. The van der Waals surface area contributed by atoms with Gasteiger partial charge in [-0.15, -0.1) is 11.3 Å². The molecule has 0 saturated carbocycles. The summed E-state index contributed by atoms with van der Waals surface area (Å²) in [5.74, 6) is 0.170. The molecule has 2 aromatic heterocycles. The molecule has 2 saturated heterocycles. The van der Waals surface area contributed by atoms with E-state index in [-0.39, 0.29) is 18.0 Å². The number of aryl methyl sites for hydroxylation is 1. The van der Waals surface area contributed by atoms with Crippen LogP contribution < -0.4 is 4.90 Å². The zero-order valence-corrected chi connectivity index (χ0v) is 13.2. The summed E-state index contributed by atoms with van der Waals surface area (Å²) in [7, 11) is 0. The molecule has 2 aromatic rings. The number of nitrogens with zero attached hydrogens (tertiary/aromatic N) is 5. The van der Waals surface area contributed by atoms with Crippen LogP contribution in [0.1, 0.15) is 23.5 Å². The van der Waals surface area contributed by atoms with Crippen molar-refractivity contribution in [1.29, 1.82) is 0 Å². The number of rotatable bonds is 3. The molecule has 0 aliphatic carbocycles. The summed E-state index contributed by atoms with van der Waals surface area (Å²) in [6, 6.07) is 0.507. The molecule has 4 rings (SSSR count). The van der Waals surface area contributed by atoms with Crippen molar-refractivity contribution in [3.63, 3.8) is 0 Å². The Kier molecular flexibility index (Phi) is 3.38. The van der Waals surface area contributed by atoms with E-state index in [0.717, 1.165) is 35.9 Å². The lowest BCUT2D eigenvalue weighted by Crippen LogP contribution is -2.37. The highest BCUT2D eigenvalue weighted by atomic mass is 32.1. The van der Waals surface area contributed by atoms with Gasteiger partial charge in [-0.05, 0) is 13.3 Å². The highest BCUT2D eigenvalue weighted by Crippen LogP contribution is 2.36. The van der Waals surface area contributed by atoms with Gasteiger partial charge in [0.05, 0.1) is 34.8 Å². The van der Waals surface area contributed by atoms with Gasteiger partial charge in [0.1, 0.15) is 6.33 Å². The first kappa shape index (κ1) is 13.8. The van der Waals surface area contributed by atoms with Crippen LogP contribution in [0.25, 0.3) is 0 Å². The average molecular weight is 315 g/mol. The van der Waals surface area contributed by atoms with Crippen LogP contribution in [0.15, 0.2) is 24.1 Å². The largest absolute Gasteiger partial charge is 0.305 e. The fourth-order valence-electron chi connectivity index (χ4n) is 3.56. The van der Waals surface area contributed by atoms with E-state index < -0.39 is 0 Å². The third-order valence-electron chi connectivity index (χ3n) is 4.47. The van der Waals surface area contributed by atoms with Gasteiger partial charge in [-0.1, -0.05) is 0 Å². The predicted molar refractivity (Wildman–Crippen MR) is 83.6 cm³/mol. The number of carbonyl (C=O) groups excluding carboxylic acids is 1. The Labute approximate surface area is 132 Å². The number of fused-ring (bicyclic) bond motifs is 1. The number of hydrogen-bond acceptors (Lipinski definition) is 6. The van der Waals surface area contributed by atoms with Crippen molar-refractivity contribution in [3.8, 4) is 0 Å². The molecule has 2 atom stereocenters. The average Bonchev–Trinajstić information content (AvgIpc) is 3.17. The Balaban J connectivity index is 1.54. The minimum Gasteiger partial charge on any atom is -0.305 e. The molecule has 1 amide bonds. The molecule has 0 N–H and O–H groups in total. The fraction of sp³-hybridized carbons (Fsp3) is 0.467.